The molecule has 6 nitrogen and oxygen atoms in total. The van der Waals surface area contributed by atoms with Gasteiger partial charge in [-0.15, -0.1) is 0 Å². The Balaban J connectivity index is 2.57. The van der Waals surface area contributed by atoms with Gasteiger partial charge in [0, 0.05) is 17.9 Å². The highest BCUT2D eigenvalue weighted by Gasteiger charge is 2.13. The summed E-state index contributed by atoms with van der Waals surface area (Å²) in [5, 5.41) is 6.57. The van der Waals surface area contributed by atoms with Gasteiger partial charge in [0.05, 0.1) is 17.7 Å². The third-order valence-corrected chi connectivity index (χ3v) is 3.60. The van der Waals surface area contributed by atoms with Gasteiger partial charge in [-0.1, -0.05) is 0 Å². The molecule has 0 bridgehead atoms. The summed E-state index contributed by atoms with van der Waals surface area (Å²) in [6.07, 6.45) is 1.15. The highest BCUT2D eigenvalue weighted by atomic mass is 32.2. The number of H-pyrrole nitrogens is 1. The monoisotopic (exact) mass is 267 g/mol. The van der Waals surface area contributed by atoms with Crippen molar-refractivity contribution in [3.8, 4) is 17.0 Å². The van der Waals surface area contributed by atoms with Gasteiger partial charge in [-0.25, -0.2) is 8.42 Å². The molecule has 0 atom stereocenters. The van der Waals surface area contributed by atoms with Gasteiger partial charge in [-0.05, 0) is 18.2 Å². The van der Waals surface area contributed by atoms with E-state index in [1.165, 1.54) is 19.2 Å². The van der Waals surface area contributed by atoms with Gasteiger partial charge >= 0.3 is 0 Å². The Morgan fingerprint density at radius 3 is 2.56 bits per heavy atom. The Labute approximate surface area is 105 Å². The first-order valence-electron chi connectivity index (χ1n) is 5.11. The molecular formula is C11H13N3O3S. The number of nitrogens with two attached hydrogens (primary N) is 1. The summed E-state index contributed by atoms with van der Waals surface area (Å²) in [7, 11) is -1.78. The van der Waals surface area contributed by atoms with Crippen LogP contribution in [-0.4, -0.2) is 32.0 Å². The van der Waals surface area contributed by atoms with E-state index in [9.17, 15) is 8.42 Å². The molecule has 0 unspecified atom stereocenters. The van der Waals surface area contributed by atoms with Crippen LogP contribution in [-0.2, 0) is 9.84 Å². The molecule has 0 aliphatic heterocycles. The summed E-state index contributed by atoms with van der Waals surface area (Å²) in [5.41, 5.74) is 6.90. The van der Waals surface area contributed by atoms with Crippen molar-refractivity contribution in [1.82, 2.24) is 10.2 Å². The second-order valence-electron chi connectivity index (χ2n) is 3.84. The molecule has 0 saturated heterocycles. The number of anilines is 1. The molecule has 0 saturated carbocycles. The lowest BCUT2D eigenvalue weighted by molar-refractivity contribution is 0.415. The Kier molecular flexibility index (Phi) is 3.00. The fourth-order valence-corrected chi connectivity index (χ4v) is 2.24. The molecule has 18 heavy (non-hydrogen) atoms. The number of nitrogens with zero attached hydrogens (tertiary/aromatic N) is 1. The lowest BCUT2D eigenvalue weighted by Crippen LogP contribution is -1.98. The minimum absolute atomic E-state index is 0.204. The van der Waals surface area contributed by atoms with Crippen molar-refractivity contribution < 1.29 is 13.2 Å². The van der Waals surface area contributed by atoms with Crippen molar-refractivity contribution >= 4 is 15.7 Å². The van der Waals surface area contributed by atoms with Gasteiger partial charge in [0.15, 0.2) is 9.84 Å². The van der Waals surface area contributed by atoms with Crippen molar-refractivity contribution in [2.75, 3.05) is 19.1 Å². The van der Waals surface area contributed by atoms with Gasteiger partial charge in [-0.3, -0.25) is 5.10 Å². The van der Waals surface area contributed by atoms with E-state index in [-0.39, 0.29) is 4.90 Å². The average molecular weight is 267 g/mol. The number of benzene rings is 1. The van der Waals surface area contributed by atoms with Crippen molar-refractivity contribution in [3.05, 3.63) is 24.3 Å². The van der Waals surface area contributed by atoms with E-state index in [1.807, 2.05) is 0 Å². The number of aromatic amines is 1. The molecule has 1 aromatic carbocycles. The molecule has 2 aromatic rings. The molecule has 7 heteroatoms. The molecule has 0 fully saturated rings. The molecule has 96 valence electrons. The fourth-order valence-electron chi connectivity index (χ4n) is 1.60. The molecule has 0 radical (unpaired) electrons. The normalized spacial score (nSPS) is 11.4. The lowest BCUT2D eigenvalue weighted by Gasteiger charge is -2.08. The topological polar surface area (TPSA) is 98.1 Å². The number of methoxy groups -OCH3 is 1. The summed E-state index contributed by atoms with van der Waals surface area (Å²) in [6.45, 7) is 0. The van der Waals surface area contributed by atoms with E-state index < -0.39 is 9.84 Å². The smallest absolute Gasteiger partial charge is 0.175 e. The number of sulfone groups is 1. The van der Waals surface area contributed by atoms with Crippen molar-refractivity contribution in [2.24, 2.45) is 0 Å². The van der Waals surface area contributed by atoms with Gasteiger partial charge in [-0.2, -0.15) is 5.10 Å². The molecule has 1 aromatic heterocycles. The van der Waals surface area contributed by atoms with Gasteiger partial charge < -0.3 is 10.5 Å². The van der Waals surface area contributed by atoms with Crippen LogP contribution in [0.3, 0.4) is 0 Å². The minimum Gasteiger partial charge on any atom is -0.496 e. The van der Waals surface area contributed by atoms with Crippen LogP contribution >= 0.6 is 0 Å². The van der Waals surface area contributed by atoms with E-state index in [0.29, 0.717) is 22.8 Å². The van der Waals surface area contributed by atoms with Crippen LogP contribution in [0.5, 0.6) is 5.75 Å². The van der Waals surface area contributed by atoms with Crippen LogP contribution in [0.15, 0.2) is 29.2 Å². The van der Waals surface area contributed by atoms with E-state index >= 15 is 0 Å². The predicted molar refractivity (Wildman–Crippen MR) is 68.1 cm³/mol. The Bertz CT molecular complexity index is 677. The molecule has 0 spiro atoms. The Hall–Kier alpha value is -2.02. The number of nitrogen functional groups attached to an aromatic ring is 1. The minimum atomic E-state index is -3.26. The first-order valence-corrected chi connectivity index (χ1v) is 7.00. The van der Waals surface area contributed by atoms with E-state index in [4.69, 9.17) is 10.5 Å². The van der Waals surface area contributed by atoms with Crippen LogP contribution < -0.4 is 10.5 Å². The van der Waals surface area contributed by atoms with Gasteiger partial charge in [0.2, 0.25) is 0 Å². The zero-order valence-electron chi connectivity index (χ0n) is 9.97. The van der Waals surface area contributed by atoms with Crippen molar-refractivity contribution in [3.63, 3.8) is 0 Å². The third-order valence-electron chi connectivity index (χ3n) is 2.49. The van der Waals surface area contributed by atoms with Gasteiger partial charge in [0.1, 0.15) is 11.6 Å². The predicted octanol–water partition coefficient (Wildman–Crippen LogP) is 1.07. The first kappa shape index (κ1) is 12.4. The van der Waals surface area contributed by atoms with E-state index in [1.54, 1.807) is 12.1 Å². The standard InChI is InChI=1S/C11H13N3O3S/c1-17-10-5-7(18(2,15)16)3-4-8(10)9-6-11(12)14-13-9/h3-6H,1-2H3,(H3,12,13,14). The van der Waals surface area contributed by atoms with E-state index in [0.717, 1.165) is 6.26 Å². The van der Waals surface area contributed by atoms with Crippen LogP contribution in [0, 0.1) is 0 Å². The first-order chi connectivity index (χ1) is 8.41. The molecule has 3 N–H and O–H groups in total. The van der Waals surface area contributed by atoms with Crippen molar-refractivity contribution in [2.45, 2.75) is 4.90 Å². The maximum Gasteiger partial charge on any atom is 0.175 e. The quantitative estimate of drug-likeness (QED) is 0.866. The zero-order chi connectivity index (χ0) is 13.3. The molecule has 0 aliphatic rings. The summed E-state index contributed by atoms with van der Waals surface area (Å²) < 4.78 is 28.1. The second kappa shape index (κ2) is 4.34. The third kappa shape index (κ3) is 2.30. The zero-order valence-corrected chi connectivity index (χ0v) is 10.8. The van der Waals surface area contributed by atoms with Crippen LogP contribution in [0.4, 0.5) is 5.82 Å². The Morgan fingerprint density at radius 1 is 1.33 bits per heavy atom. The summed E-state index contributed by atoms with van der Waals surface area (Å²) >= 11 is 0. The summed E-state index contributed by atoms with van der Waals surface area (Å²) in [4.78, 5) is 0.204. The van der Waals surface area contributed by atoms with Crippen LogP contribution in [0.2, 0.25) is 0 Å². The number of hydrogen-bond donors (Lipinski definition) is 2. The maximum absolute atomic E-state index is 11.5. The summed E-state index contributed by atoms with van der Waals surface area (Å²) in [6, 6.07) is 6.30. The van der Waals surface area contributed by atoms with Crippen LogP contribution in [0.1, 0.15) is 0 Å². The summed E-state index contributed by atoms with van der Waals surface area (Å²) in [5.74, 6) is 0.806. The van der Waals surface area contributed by atoms with Crippen molar-refractivity contribution in [1.29, 1.82) is 0 Å². The SMILES string of the molecule is COc1cc(S(C)(=O)=O)ccc1-c1cc(N)n[nH]1. The number of hydrogen-bond acceptors (Lipinski definition) is 5. The molecule has 2 rings (SSSR count). The molecule has 1 heterocycles. The Morgan fingerprint density at radius 2 is 2.06 bits per heavy atom. The number of ether oxygens (including phenoxy) is 1. The average Bonchev–Trinajstić information content (AvgIpc) is 2.73. The van der Waals surface area contributed by atoms with E-state index in [2.05, 4.69) is 10.2 Å². The van der Waals surface area contributed by atoms with Crippen LogP contribution in [0.25, 0.3) is 11.3 Å². The maximum atomic E-state index is 11.5. The molecule has 0 aliphatic carbocycles. The fraction of sp³-hybridized carbons (Fsp3) is 0.182. The lowest BCUT2D eigenvalue weighted by atomic mass is 10.1. The number of nitrogens with one attached hydrogen (secondary N) is 1. The largest absolute Gasteiger partial charge is 0.496 e. The van der Waals surface area contributed by atoms with Gasteiger partial charge in [0.25, 0.3) is 0 Å². The second-order valence-corrected chi connectivity index (χ2v) is 5.86. The molecule has 0 amide bonds. The number of rotatable bonds is 3. The molecular weight excluding hydrogens is 254 g/mol. The highest BCUT2D eigenvalue weighted by Crippen LogP contribution is 2.31. The number of aromatic nitrogens is 2. The highest BCUT2D eigenvalue weighted by molar-refractivity contribution is 7.90.